The van der Waals surface area contributed by atoms with Gasteiger partial charge in [0.15, 0.2) is 0 Å². The van der Waals surface area contributed by atoms with E-state index < -0.39 is 5.97 Å². The predicted octanol–water partition coefficient (Wildman–Crippen LogP) is 3.37. The normalized spacial score (nSPS) is 10.3. The van der Waals surface area contributed by atoms with Crippen LogP contribution in [0.2, 0.25) is 5.02 Å². The molecule has 1 rings (SSSR count). The summed E-state index contributed by atoms with van der Waals surface area (Å²) in [6.45, 7) is 2.87. The van der Waals surface area contributed by atoms with Crippen molar-refractivity contribution in [3.05, 3.63) is 29.3 Å². The third kappa shape index (κ3) is 5.65. The molecule has 0 aromatic heterocycles. The fraction of sp³-hybridized carbons (Fsp3) is 0.462. The van der Waals surface area contributed by atoms with E-state index in [1.807, 2.05) is 28.8 Å². The summed E-state index contributed by atoms with van der Waals surface area (Å²) in [6.07, 6.45) is 0.971. The number of nitrogens with zero attached hydrogens (tertiary/aromatic N) is 1. The Balaban J connectivity index is 2.62. The maximum atomic E-state index is 10.9. The number of halogens is 1. The molecule has 0 aliphatic heterocycles. The van der Waals surface area contributed by atoms with Gasteiger partial charge < -0.3 is 10.0 Å². The van der Waals surface area contributed by atoms with Crippen molar-refractivity contribution in [3.63, 3.8) is 0 Å². The minimum Gasteiger partial charge on any atom is -0.480 e. The minimum absolute atomic E-state index is 0.0110. The number of anilines is 1. The second-order valence-electron chi connectivity index (χ2n) is 3.85. The summed E-state index contributed by atoms with van der Waals surface area (Å²) in [6, 6.07) is 7.32. The van der Waals surface area contributed by atoms with Crippen LogP contribution in [0.4, 0.5) is 5.69 Å². The molecule has 0 saturated heterocycles. The van der Waals surface area contributed by atoms with Crippen LogP contribution in [0, 0.1) is 0 Å². The van der Waals surface area contributed by atoms with Gasteiger partial charge in [0.1, 0.15) is 6.54 Å². The molecule has 0 heterocycles. The van der Waals surface area contributed by atoms with Crippen LogP contribution in [-0.2, 0) is 4.79 Å². The van der Waals surface area contributed by atoms with E-state index in [4.69, 9.17) is 16.7 Å². The van der Waals surface area contributed by atoms with Gasteiger partial charge in [-0.2, -0.15) is 11.8 Å². The first-order valence-electron chi connectivity index (χ1n) is 5.93. The maximum Gasteiger partial charge on any atom is 0.323 e. The number of thioether (sulfide) groups is 1. The highest BCUT2D eigenvalue weighted by Gasteiger charge is 2.10. The first-order valence-corrected chi connectivity index (χ1v) is 7.46. The topological polar surface area (TPSA) is 40.5 Å². The smallest absolute Gasteiger partial charge is 0.323 e. The van der Waals surface area contributed by atoms with E-state index in [2.05, 4.69) is 6.92 Å². The summed E-state index contributed by atoms with van der Waals surface area (Å²) < 4.78 is 0. The molecule has 0 bridgehead atoms. The van der Waals surface area contributed by atoms with E-state index in [1.54, 1.807) is 12.1 Å². The van der Waals surface area contributed by atoms with Crippen LogP contribution < -0.4 is 4.90 Å². The second kappa shape index (κ2) is 8.27. The van der Waals surface area contributed by atoms with E-state index in [0.29, 0.717) is 5.02 Å². The van der Waals surface area contributed by atoms with Gasteiger partial charge in [-0.3, -0.25) is 4.79 Å². The largest absolute Gasteiger partial charge is 0.480 e. The van der Waals surface area contributed by atoms with Crippen molar-refractivity contribution >= 4 is 35.0 Å². The van der Waals surface area contributed by atoms with Gasteiger partial charge in [-0.05, 0) is 36.1 Å². The van der Waals surface area contributed by atoms with E-state index in [-0.39, 0.29) is 6.54 Å². The Morgan fingerprint density at radius 1 is 1.50 bits per heavy atom. The lowest BCUT2D eigenvalue weighted by Gasteiger charge is -2.23. The third-order valence-electron chi connectivity index (χ3n) is 2.42. The molecule has 100 valence electrons. The molecule has 5 heteroatoms. The van der Waals surface area contributed by atoms with Crippen molar-refractivity contribution in [3.8, 4) is 0 Å². The first-order chi connectivity index (χ1) is 8.63. The molecule has 3 nitrogen and oxygen atoms in total. The van der Waals surface area contributed by atoms with E-state index in [0.717, 1.165) is 30.2 Å². The summed E-state index contributed by atoms with van der Waals surface area (Å²) >= 11 is 7.80. The Morgan fingerprint density at radius 3 is 2.89 bits per heavy atom. The van der Waals surface area contributed by atoms with Gasteiger partial charge in [0.05, 0.1) is 0 Å². The van der Waals surface area contributed by atoms with Gasteiger partial charge in [0.25, 0.3) is 0 Å². The summed E-state index contributed by atoms with van der Waals surface area (Å²) in [5.41, 5.74) is 0.867. The average Bonchev–Trinajstić information content (AvgIpc) is 2.32. The number of hydrogen-bond acceptors (Lipinski definition) is 3. The van der Waals surface area contributed by atoms with Crippen LogP contribution in [0.1, 0.15) is 13.3 Å². The minimum atomic E-state index is -0.821. The zero-order chi connectivity index (χ0) is 13.4. The van der Waals surface area contributed by atoms with Crippen molar-refractivity contribution in [2.75, 3.05) is 29.5 Å². The average molecular weight is 288 g/mol. The van der Waals surface area contributed by atoms with Crippen molar-refractivity contribution in [2.24, 2.45) is 0 Å². The maximum absolute atomic E-state index is 10.9. The summed E-state index contributed by atoms with van der Waals surface area (Å²) in [4.78, 5) is 12.7. The molecule has 0 unspecified atom stereocenters. The number of rotatable bonds is 8. The Morgan fingerprint density at radius 2 is 2.28 bits per heavy atom. The zero-order valence-electron chi connectivity index (χ0n) is 10.4. The quantitative estimate of drug-likeness (QED) is 0.744. The molecule has 0 saturated carbocycles. The number of carbonyl (C=O) groups is 1. The zero-order valence-corrected chi connectivity index (χ0v) is 12.0. The summed E-state index contributed by atoms with van der Waals surface area (Å²) in [5, 5.41) is 9.57. The predicted molar refractivity (Wildman–Crippen MR) is 78.9 cm³/mol. The second-order valence-corrected chi connectivity index (χ2v) is 5.68. The monoisotopic (exact) mass is 287 g/mol. The molecule has 0 aliphatic carbocycles. The summed E-state index contributed by atoms with van der Waals surface area (Å²) in [7, 11) is 0. The SMILES string of the molecule is CCSCCCN(CC(=O)O)c1cccc(Cl)c1. The number of hydrogen-bond donors (Lipinski definition) is 1. The molecule has 0 radical (unpaired) electrons. The Kier molecular flexibility index (Phi) is 6.98. The molecule has 0 amide bonds. The third-order valence-corrected chi connectivity index (χ3v) is 3.64. The van der Waals surface area contributed by atoms with Crippen molar-refractivity contribution < 1.29 is 9.90 Å². The van der Waals surface area contributed by atoms with Crippen LogP contribution >= 0.6 is 23.4 Å². The van der Waals surface area contributed by atoms with E-state index >= 15 is 0 Å². The van der Waals surface area contributed by atoms with Gasteiger partial charge in [0.2, 0.25) is 0 Å². The highest BCUT2D eigenvalue weighted by molar-refractivity contribution is 7.99. The van der Waals surface area contributed by atoms with Gasteiger partial charge in [0, 0.05) is 17.3 Å². The van der Waals surface area contributed by atoms with Crippen LogP contribution in [0.5, 0.6) is 0 Å². The van der Waals surface area contributed by atoms with Crippen LogP contribution in [0.15, 0.2) is 24.3 Å². The standard InChI is InChI=1S/C13H18ClNO2S/c1-2-18-8-4-7-15(10-13(16)17)12-6-3-5-11(14)9-12/h3,5-6,9H,2,4,7-8,10H2,1H3,(H,16,17). The van der Waals surface area contributed by atoms with Crippen molar-refractivity contribution in [1.82, 2.24) is 0 Å². The fourth-order valence-corrected chi connectivity index (χ4v) is 2.44. The van der Waals surface area contributed by atoms with Crippen LogP contribution in [0.3, 0.4) is 0 Å². The lowest BCUT2D eigenvalue weighted by atomic mass is 10.2. The van der Waals surface area contributed by atoms with Crippen LogP contribution in [-0.4, -0.2) is 35.7 Å². The van der Waals surface area contributed by atoms with Gasteiger partial charge in [-0.1, -0.05) is 24.6 Å². The molecule has 0 atom stereocenters. The Bertz CT molecular complexity index is 387. The highest BCUT2D eigenvalue weighted by Crippen LogP contribution is 2.19. The van der Waals surface area contributed by atoms with Gasteiger partial charge >= 0.3 is 5.97 Å². The molecular formula is C13H18ClNO2S. The highest BCUT2D eigenvalue weighted by atomic mass is 35.5. The molecule has 0 aliphatic rings. The Hall–Kier alpha value is -0.870. The van der Waals surface area contributed by atoms with E-state index in [1.165, 1.54) is 0 Å². The van der Waals surface area contributed by atoms with Crippen LogP contribution in [0.25, 0.3) is 0 Å². The molecule has 1 aromatic carbocycles. The van der Waals surface area contributed by atoms with Crippen molar-refractivity contribution in [1.29, 1.82) is 0 Å². The lowest BCUT2D eigenvalue weighted by Crippen LogP contribution is -2.30. The lowest BCUT2D eigenvalue weighted by molar-refractivity contribution is -0.135. The molecule has 1 aromatic rings. The summed E-state index contributed by atoms with van der Waals surface area (Å²) in [5.74, 6) is 1.32. The number of aliphatic carboxylic acids is 1. The van der Waals surface area contributed by atoms with E-state index in [9.17, 15) is 4.79 Å². The number of benzene rings is 1. The first kappa shape index (κ1) is 15.2. The van der Waals surface area contributed by atoms with Crippen molar-refractivity contribution in [2.45, 2.75) is 13.3 Å². The molecule has 0 spiro atoms. The molecule has 1 N–H and O–H groups in total. The molecule has 18 heavy (non-hydrogen) atoms. The molecular weight excluding hydrogens is 270 g/mol. The Labute approximate surface area is 117 Å². The fourth-order valence-electron chi connectivity index (χ4n) is 1.64. The van der Waals surface area contributed by atoms with Gasteiger partial charge in [-0.25, -0.2) is 0 Å². The van der Waals surface area contributed by atoms with Gasteiger partial charge in [-0.15, -0.1) is 0 Å². The molecule has 0 fully saturated rings. The number of carboxylic acid groups (broad SMARTS) is 1. The number of carboxylic acids is 1.